The minimum atomic E-state index is -3.62. The third-order valence-electron chi connectivity index (χ3n) is 3.93. The zero-order chi connectivity index (χ0) is 20.1. The predicted octanol–water partition coefficient (Wildman–Crippen LogP) is 1.73. The van der Waals surface area contributed by atoms with Crippen LogP contribution in [0.2, 0.25) is 0 Å². The summed E-state index contributed by atoms with van der Waals surface area (Å²) in [5.74, 6) is -1.91. The minimum absolute atomic E-state index is 0.0837. The fraction of sp³-hybridized carbons (Fsp3) is 0.786. The molecule has 0 aromatic rings. The van der Waals surface area contributed by atoms with Crippen LogP contribution in [0.15, 0.2) is 5.11 Å². The van der Waals surface area contributed by atoms with Gasteiger partial charge in [0.25, 0.3) is 11.8 Å². The van der Waals surface area contributed by atoms with Crippen molar-refractivity contribution in [2.24, 2.45) is 10.5 Å². The number of hydroxylamine groups is 2. The SMILES string of the molecule is CC(C)S(=O)(=O)CC(OC(=O)ON1C(=O)CCC1=O)C(C)(C)CN=[N+]=[N-]. The molecule has 1 aliphatic rings. The fourth-order valence-electron chi connectivity index (χ4n) is 2.01. The van der Waals surface area contributed by atoms with Crippen LogP contribution in [0.1, 0.15) is 40.5 Å². The molecule has 1 saturated heterocycles. The molecule has 0 aromatic heterocycles. The molecule has 0 bridgehead atoms. The third-order valence-corrected chi connectivity index (χ3v) is 6.13. The third kappa shape index (κ3) is 5.60. The van der Waals surface area contributed by atoms with E-state index in [-0.39, 0.29) is 19.4 Å². The summed E-state index contributed by atoms with van der Waals surface area (Å²) in [5, 5.41) is 2.99. The van der Waals surface area contributed by atoms with Crippen LogP contribution in [0.25, 0.3) is 10.4 Å². The molecule has 1 aliphatic heterocycles. The number of rotatable bonds is 8. The summed E-state index contributed by atoms with van der Waals surface area (Å²) in [5.41, 5.74) is 7.45. The molecule has 1 heterocycles. The summed E-state index contributed by atoms with van der Waals surface area (Å²) in [4.78, 5) is 42.2. The first-order valence-corrected chi connectivity index (χ1v) is 9.59. The van der Waals surface area contributed by atoms with Crippen LogP contribution in [0.3, 0.4) is 0 Å². The first-order chi connectivity index (χ1) is 11.9. The van der Waals surface area contributed by atoms with Gasteiger partial charge in [0.05, 0.1) is 11.0 Å². The first kappa shape index (κ1) is 21.7. The molecule has 0 aromatic carbocycles. The number of carbonyl (C=O) groups excluding carboxylic acids is 3. The van der Waals surface area contributed by atoms with Crippen molar-refractivity contribution >= 4 is 27.8 Å². The van der Waals surface area contributed by atoms with E-state index in [2.05, 4.69) is 14.9 Å². The number of azide groups is 1. The average Bonchev–Trinajstić information content (AvgIpc) is 2.84. The van der Waals surface area contributed by atoms with Gasteiger partial charge in [-0.25, -0.2) is 13.2 Å². The summed E-state index contributed by atoms with van der Waals surface area (Å²) in [7, 11) is -3.62. The summed E-state index contributed by atoms with van der Waals surface area (Å²) < 4.78 is 29.6. The van der Waals surface area contributed by atoms with E-state index in [9.17, 15) is 22.8 Å². The van der Waals surface area contributed by atoms with Gasteiger partial charge in [0, 0.05) is 29.7 Å². The average molecular weight is 390 g/mol. The second-order valence-corrected chi connectivity index (χ2v) is 9.39. The van der Waals surface area contributed by atoms with Gasteiger partial charge in [-0.05, 0) is 19.4 Å². The maximum Gasteiger partial charge on any atom is 0.534 e. The Hall–Kier alpha value is -2.33. The largest absolute Gasteiger partial charge is 0.534 e. The zero-order valence-corrected chi connectivity index (χ0v) is 15.9. The molecular weight excluding hydrogens is 368 g/mol. The highest BCUT2D eigenvalue weighted by Crippen LogP contribution is 2.27. The van der Waals surface area contributed by atoms with E-state index in [1.54, 1.807) is 13.8 Å². The van der Waals surface area contributed by atoms with E-state index in [0.29, 0.717) is 5.06 Å². The van der Waals surface area contributed by atoms with Gasteiger partial charge in [0.15, 0.2) is 9.84 Å². The van der Waals surface area contributed by atoms with Crippen molar-refractivity contribution in [2.75, 3.05) is 12.3 Å². The number of nitrogens with zero attached hydrogens (tertiary/aromatic N) is 4. The molecule has 1 atom stereocenters. The molecule has 2 amide bonds. The number of hydrogen-bond donors (Lipinski definition) is 0. The lowest BCUT2D eigenvalue weighted by Gasteiger charge is -2.32. The zero-order valence-electron chi connectivity index (χ0n) is 15.0. The van der Waals surface area contributed by atoms with Crippen LogP contribution < -0.4 is 0 Å². The minimum Gasteiger partial charge on any atom is -0.428 e. The lowest BCUT2D eigenvalue weighted by atomic mass is 9.87. The quantitative estimate of drug-likeness (QED) is 0.201. The van der Waals surface area contributed by atoms with Crippen molar-refractivity contribution in [1.82, 2.24) is 5.06 Å². The van der Waals surface area contributed by atoms with Crippen LogP contribution in [-0.2, 0) is 29.0 Å². The van der Waals surface area contributed by atoms with Gasteiger partial charge in [-0.2, -0.15) is 0 Å². The summed E-state index contributed by atoms with van der Waals surface area (Å²) in [6.45, 7) is 5.93. The highest BCUT2D eigenvalue weighted by molar-refractivity contribution is 7.92. The van der Waals surface area contributed by atoms with Crippen LogP contribution in [-0.4, -0.2) is 55.1 Å². The van der Waals surface area contributed by atoms with Crippen molar-refractivity contribution in [1.29, 1.82) is 0 Å². The number of amides is 2. The van der Waals surface area contributed by atoms with Crippen molar-refractivity contribution in [3.63, 3.8) is 0 Å². The van der Waals surface area contributed by atoms with Crippen LogP contribution in [0.5, 0.6) is 0 Å². The van der Waals surface area contributed by atoms with E-state index in [4.69, 9.17) is 10.3 Å². The molecule has 1 rings (SSSR count). The van der Waals surface area contributed by atoms with Gasteiger partial charge in [-0.15, -0.1) is 0 Å². The molecule has 0 radical (unpaired) electrons. The monoisotopic (exact) mass is 390 g/mol. The Balaban J connectivity index is 2.97. The highest BCUT2D eigenvalue weighted by atomic mass is 32.2. The maximum atomic E-state index is 12.2. The summed E-state index contributed by atoms with van der Waals surface area (Å²) in [6.07, 6.45) is -2.77. The van der Waals surface area contributed by atoms with Crippen LogP contribution in [0, 0.1) is 5.41 Å². The van der Waals surface area contributed by atoms with E-state index in [1.807, 2.05) is 0 Å². The first-order valence-electron chi connectivity index (χ1n) is 7.87. The molecule has 0 spiro atoms. The normalized spacial score (nSPS) is 16.4. The predicted molar refractivity (Wildman–Crippen MR) is 89.2 cm³/mol. The van der Waals surface area contributed by atoms with E-state index in [0.717, 1.165) is 0 Å². The molecule has 1 unspecified atom stereocenters. The Bertz CT molecular complexity index is 710. The van der Waals surface area contributed by atoms with Crippen molar-refractivity contribution < 1.29 is 32.4 Å². The van der Waals surface area contributed by atoms with Crippen LogP contribution in [0.4, 0.5) is 4.79 Å². The summed E-state index contributed by atoms with van der Waals surface area (Å²) >= 11 is 0. The molecule has 26 heavy (non-hydrogen) atoms. The molecule has 0 N–H and O–H groups in total. The number of hydrogen-bond acceptors (Lipinski definition) is 8. The Labute approximate surface area is 151 Å². The van der Waals surface area contributed by atoms with Gasteiger partial charge >= 0.3 is 6.16 Å². The lowest BCUT2D eigenvalue weighted by Crippen LogP contribution is -2.44. The van der Waals surface area contributed by atoms with E-state index < -0.39 is 50.3 Å². The van der Waals surface area contributed by atoms with Crippen molar-refractivity contribution in [3.05, 3.63) is 10.4 Å². The second kappa shape index (κ2) is 8.37. The Morgan fingerprint density at radius 1 is 1.31 bits per heavy atom. The molecular formula is C14H22N4O7S. The smallest absolute Gasteiger partial charge is 0.428 e. The van der Waals surface area contributed by atoms with Crippen molar-refractivity contribution in [2.45, 2.75) is 51.9 Å². The number of ether oxygens (including phenoxy) is 1. The van der Waals surface area contributed by atoms with Crippen molar-refractivity contribution in [3.8, 4) is 0 Å². The van der Waals surface area contributed by atoms with Gasteiger partial charge in [0.1, 0.15) is 6.10 Å². The maximum absolute atomic E-state index is 12.2. The van der Waals surface area contributed by atoms with Gasteiger partial charge in [-0.3, -0.25) is 14.4 Å². The molecule has 146 valence electrons. The number of sulfone groups is 1. The topological polar surface area (TPSA) is 156 Å². The van der Waals surface area contributed by atoms with E-state index in [1.165, 1.54) is 13.8 Å². The standard InChI is InChI=1S/C14H22N4O7S/c1-9(2)26(22,23)7-10(14(3,4)8-16-17-15)24-13(21)25-18-11(19)5-6-12(18)20/h9-10H,5-8H2,1-4H3. The van der Waals surface area contributed by atoms with Gasteiger partial charge < -0.3 is 4.74 Å². The molecule has 1 fully saturated rings. The summed E-state index contributed by atoms with van der Waals surface area (Å²) in [6, 6.07) is 0. The fourth-order valence-corrected chi connectivity index (χ4v) is 3.33. The Morgan fingerprint density at radius 3 is 2.31 bits per heavy atom. The lowest BCUT2D eigenvalue weighted by molar-refractivity contribution is -0.179. The number of imide groups is 1. The van der Waals surface area contributed by atoms with Gasteiger partial charge in [0.2, 0.25) is 0 Å². The molecule has 11 nitrogen and oxygen atoms in total. The second-order valence-electron chi connectivity index (χ2n) is 6.79. The Kier molecular flexibility index (Phi) is 6.99. The van der Waals surface area contributed by atoms with Crippen LogP contribution >= 0.6 is 0 Å². The number of carbonyl (C=O) groups is 3. The molecule has 12 heteroatoms. The Morgan fingerprint density at radius 2 is 1.85 bits per heavy atom. The molecule has 0 saturated carbocycles. The van der Waals surface area contributed by atoms with E-state index >= 15 is 0 Å². The molecule has 0 aliphatic carbocycles. The highest BCUT2D eigenvalue weighted by Gasteiger charge is 2.39. The van der Waals surface area contributed by atoms with Gasteiger partial charge in [-0.1, -0.05) is 24.0 Å².